The molecule has 322 valence electrons. The second-order valence-corrected chi connectivity index (χ2v) is 16.8. The number of phosphoric acid groups is 1. The van der Waals surface area contributed by atoms with E-state index in [9.17, 15) is 19.0 Å². The van der Waals surface area contributed by atoms with Crippen molar-refractivity contribution in [1.82, 2.24) is 0 Å². The van der Waals surface area contributed by atoms with E-state index in [0.29, 0.717) is 23.9 Å². The van der Waals surface area contributed by atoms with Crippen molar-refractivity contribution < 1.29 is 42.1 Å². The molecule has 9 nitrogen and oxygen atoms in total. The topological polar surface area (TPSA) is 111 Å². The Morgan fingerprint density at radius 1 is 0.607 bits per heavy atom. The Hall–Kier alpha value is -2.55. The van der Waals surface area contributed by atoms with Crippen molar-refractivity contribution in [2.75, 3.05) is 47.5 Å². The molecule has 0 rings (SSSR count). The van der Waals surface area contributed by atoms with Gasteiger partial charge >= 0.3 is 11.9 Å². The number of phosphoric ester groups is 1. The van der Waals surface area contributed by atoms with Gasteiger partial charge in [-0.05, 0) is 57.8 Å². The summed E-state index contributed by atoms with van der Waals surface area (Å²) in [6.45, 7) is 3.98. The summed E-state index contributed by atoms with van der Waals surface area (Å²) in [6.07, 6.45) is 47.1. The summed E-state index contributed by atoms with van der Waals surface area (Å²) in [6, 6.07) is 0. The van der Waals surface area contributed by atoms with Crippen molar-refractivity contribution in [2.24, 2.45) is 0 Å². The van der Waals surface area contributed by atoms with Gasteiger partial charge in [0.15, 0.2) is 6.10 Å². The number of nitrogens with zero attached hydrogens (tertiary/aromatic N) is 1. The van der Waals surface area contributed by atoms with Gasteiger partial charge in [0.1, 0.15) is 19.8 Å². The highest BCUT2D eigenvalue weighted by atomic mass is 31.2. The summed E-state index contributed by atoms with van der Waals surface area (Å²) < 4.78 is 33.6. The molecule has 0 saturated heterocycles. The number of hydrogen-bond acceptors (Lipinski definition) is 8. The Kier molecular flexibility index (Phi) is 36.3. The number of ether oxygens (including phenoxy) is 2. The highest BCUT2D eigenvalue weighted by molar-refractivity contribution is 7.45. The van der Waals surface area contributed by atoms with Crippen molar-refractivity contribution in [3.63, 3.8) is 0 Å². The molecule has 0 heterocycles. The van der Waals surface area contributed by atoms with Crippen LogP contribution in [0.2, 0.25) is 0 Å². The Morgan fingerprint density at radius 3 is 1.66 bits per heavy atom. The van der Waals surface area contributed by atoms with Crippen molar-refractivity contribution >= 4 is 19.8 Å². The molecule has 0 aromatic rings. The molecule has 2 atom stereocenters. The van der Waals surface area contributed by atoms with Crippen LogP contribution < -0.4 is 4.89 Å². The number of hydrogen-bond donors (Lipinski definition) is 0. The zero-order valence-corrected chi connectivity index (χ0v) is 36.9. The second-order valence-electron chi connectivity index (χ2n) is 15.4. The van der Waals surface area contributed by atoms with Crippen LogP contribution in [0.4, 0.5) is 0 Å². The maximum atomic E-state index is 12.6. The normalized spacial score (nSPS) is 14.3. The first-order valence-corrected chi connectivity index (χ1v) is 23.1. The van der Waals surface area contributed by atoms with Gasteiger partial charge in [0.25, 0.3) is 7.82 Å². The van der Waals surface area contributed by atoms with Crippen LogP contribution in [-0.4, -0.2) is 70.0 Å². The molecule has 0 saturated carbocycles. The first kappa shape index (κ1) is 53.5. The molecule has 0 fully saturated rings. The first-order chi connectivity index (χ1) is 27.0. The van der Waals surface area contributed by atoms with Crippen LogP contribution in [0.1, 0.15) is 155 Å². The van der Waals surface area contributed by atoms with E-state index in [2.05, 4.69) is 56.4 Å². The summed E-state index contributed by atoms with van der Waals surface area (Å²) in [5, 5.41) is 0. The van der Waals surface area contributed by atoms with E-state index in [1.807, 2.05) is 39.4 Å². The quantitative estimate of drug-likeness (QED) is 0.0115. The third-order valence-corrected chi connectivity index (χ3v) is 9.77. The van der Waals surface area contributed by atoms with Gasteiger partial charge in [0.2, 0.25) is 0 Å². The van der Waals surface area contributed by atoms with Crippen LogP contribution in [0.3, 0.4) is 0 Å². The molecule has 0 aliphatic heterocycles. The van der Waals surface area contributed by atoms with Crippen LogP contribution in [0, 0.1) is 0 Å². The van der Waals surface area contributed by atoms with E-state index in [0.717, 1.165) is 38.5 Å². The Morgan fingerprint density at radius 2 is 1.09 bits per heavy atom. The molecular formula is C46H80NO8P. The summed E-state index contributed by atoms with van der Waals surface area (Å²) >= 11 is 0. The Labute approximate surface area is 342 Å². The van der Waals surface area contributed by atoms with Crippen LogP contribution in [0.15, 0.2) is 72.9 Å². The van der Waals surface area contributed by atoms with Gasteiger partial charge in [-0.15, -0.1) is 0 Å². The molecular weight excluding hydrogens is 725 g/mol. The highest BCUT2D eigenvalue weighted by Gasteiger charge is 2.21. The van der Waals surface area contributed by atoms with E-state index in [1.54, 1.807) is 6.08 Å². The van der Waals surface area contributed by atoms with Crippen molar-refractivity contribution in [3.05, 3.63) is 72.9 Å². The van der Waals surface area contributed by atoms with Crippen LogP contribution in [0.5, 0.6) is 0 Å². The lowest BCUT2D eigenvalue weighted by Crippen LogP contribution is -2.37. The van der Waals surface area contributed by atoms with E-state index in [-0.39, 0.29) is 19.6 Å². The van der Waals surface area contributed by atoms with E-state index in [1.165, 1.54) is 89.5 Å². The predicted molar refractivity (Wildman–Crippen MR) is 231 cm³/mol. The number of quaternary nitrogens is 1. The number of rotatable bonds is 38. The molecule has 0 aromatic carbocycles. The second kappa shape index (κ2) is 38.0. The standard InChI is InChI=1S/C46H80NO8P/c1-6-8-10-12-14-16-18-20-22-23-25-27-29-31-33-35-37-39-46(49)55-44(43-54-56(50,51)53-41-40-47(3,4)5)42-52-45(48)38-36-34-32-30-28-26-24-21-19-17-15-13-11-9-7-2/h14,16,20,22,25,27,31-34,36,38,44H,6-13,15,17-19,21,23-24,26,28-30,35,37,39-43H2,1-5H3/b16-14+,22-20+,27-25+,33-31+,34-32+,38-36+/t44-/m1/s1. The highest BCUT2D eigenvalue weighted by Crippen LogP contribution is 2.38. The Balaban J connectivity index is 4.59. The molecule has 1 unspecified atom stereocenters. The number of esters is 2. The minimum absolute atomic E-state index is 0.0568. The van der Waals surface area contributed by atoms with Gasteiger partial charge in [-0.25, -0.2) is 4.79 Å². The summed E-state index contributed by atoms with van der Waals surface area (Å²) in [4.78, 5) is 37.3. The lowest BCUT2D eigenvalue weighted by molar-refractivity contribution is -0.870. The van der Waals surface area contributed by atoms with Crippen LogP contribution in [-0.2, 0) is 32.7 Å². The van der Waals surface area contributed by atoms with Gasteiger partial charge < -0.3 is 27.9 Å². The third kappa shape index (κ3) is 41.1. The van der Waals surface area contributed by atoms with Gasteiger partial charge in [0, 0.05) is 12.5 Å². The lowest BCUT2D eigenvalue weighted by atomic mass is 10.1. The molecule has 0 amide bonds. The van der Waals surface area contributed by atoms with E-state index < -0.39 is 32.5 Å². The SMILES string of the molecule is CCCCC/C=C/C/C=C/C/C=C/C/C=C/CCCC(=O)O[C@H](COC(=O)/C=C/C=C/CCCCCCCCCCCCC)COP(=O)([O-])OCC[N+](C)(C)C. The maximum absolute atomic E-state index is 12.6. The van der Waals surface area contributed by atoms with Gasteiger partial charge in [-0.2, -0.15) is 0 Å². The molecule has 0 spiro atoms. The number of carbonyl (C=O) groups is 2. The number of allylic oxidation sites excluding steroid dienone is 11. The monoisotopic (exact) mass is 806 g/mol. The zero-order chi connectivity index (χ0) is 41.4. The van der Waals surface area contributed by atoms with Crippen molar-refractivity contribution in [3.8, 4) is 0 Å². The van der Waals surface area contributed by atoms with Crippen molar-refractivity contribution in [1.29, 1.82) is 0 Å². The van der Waals surface area contributed by atoms with Crippen molar-refractivity contribution in [2.45, 2.75) is 161 Å². The van der Waals surface area contributed by atoms with E-state index in [4.69, 9.17) is 18.5 Å². The zero-order valence-electron chi connectivity index (χ0n) is 36.1. The van der Waals surface area contributed by atoms with Crippen LogP contribution in [0.25, 0.3) is 0 Å². The molecule has 0 aliphatic carbocycles. The minimum atomic E-state index is -4.66. The average Bonchev–Trinajstić information content (AvgIpc) is 3.15. The number of carbonyl (C=O) groups excluding carboxylic acids is 2. The van der Waals surface area contributed by atoms with E-state index >= 15 is 0 Å². The summed E-state index contributed by atoms with van der Waals surface area (Å²) in [5.74, 6) is -1.16. The molecule has 0 radical (unpaired) electrons. The lowest BCUT2D eigenvalue weighted by Gasteiger charge is -2.28. The van der Waals surface area contributed by atoms with Crippen LogP contribution >= 0.6 is 7.82 Å². The third-order valence-electron chi connectivity index (χ3n) is 8.80. The summed E-state index contributed by atoms with van der Waals surface area (Å²) in [5.41, 5.74) is 0. The fourth-order valence-corrected chi connectivity index (χ4v) is 6.11. The predicted octanol–water partition coefficient (Wildman–Crippen LogP) is 11.6. The molecule has 0 bridgehead atoms. The molecule has 0 aromatic heterocycles. The average molecular weight is 806 g/mol. The molecule has 10 heteroatoms. The fourth-order valence-electron chi connectivity index (χ4n) is 5.38. The van der Waals surface area contributed by atoms with Gasteiger partial charge in [-0.3, -0.25) is 9.36 Å². The Bertz CT molecular complexity index is 1180. The number of likely N-dealkylation sites (N-methyl/N-ethyl adjacent to an activating group) is 1. The van der Waals surface area contributed by atoms with Gasteiger partial charge in [-0.1, -0.05) is 158 Å². The minimum Gasteiger partial charge on any atom is -0.756 e. The maximum Gasteiger partial charge on any atom is 0.330 e. The number of unbranched alkanes of at least 4 members (excludes halogenated alkanes) is 15. The molecule has 56 heavy (non-hydrogen) atoms. The molecule has 0 aliphatic rings. The summed E-state index contributed by atoms with van der Waals surface area (Å²) in [7, 11) is 1.08. The fraction of sp³-hybridized carbons (Fsp3) is 0.696. The molecule has 0 N–H and O–H groups in total. The van der Waals surface area contributed by atoms with Gasteiger partial charge in [0.05, 0.1) is 27.7 Å². The largest absolute Gasteiger partial charge is 0.756 e. The smallest absolute Gasteiger partial charge is 0.330 e. The first-order valence-electron chi connectivity index (χ1n) is 21.7.